The van der Waals surface area contributed by atoms with Gasteiger partial charge in [-0.15, -0.1) is 0 Å². The number of hydrogen-bond donors (Lipinski definition) is 3. The summed E-state index contributed by atoms with van der Waals surface area (Å²) in [5.41, 5.74) is 5.34. The average molecular weight is 840 g/mol. The number of carbonyl (C=O) groups is 2. The summed E-state index contributed by atoms with van der Waals surface area (Å²) in [5, 5.41) is 10.0. The fourth-order valence-electron chi connectivity index (χ4n) is 6.30. The first-order valence-corrected chi connectivity index (χ1v) is 24.7. The maximum atomic E-state index is 12.6. The van der Waals surface area contributed by atoms with Crippen molar-refractivity contribution in [1.29, 1.82) is 0 Å². The van der Waals surface area contributed by atoms with Crippen LogP contribution in [0, 0.1) is 0 Å². The second-order valence-corrected chi connectivity index (χ2v) is 16.9. The summed E-state index contributed by atoms with van der Waals surface area (Å²) in [4.78, 5) is 34.9. The van der Waals surface area contributed by atoms with E-state index in [2.05, 4.69) is 19.9 Å². The molecule has 4 N–H and O–H groups in total. The number of phosphoric acid groups is 1. The molecular formula is C47H86NO9P. The minimum absolute atomic E-state index is 0.0344. The van der Waals surface area contributed by atoms with E-state index in [0.717, 1.165) is 32.1 Å². The molecule has 338 valence electrons. The summed E-state index contributed by atoms with van der Waals surface area (Å²) < 4.78 is 32.7. The molecule has 0 aromatic carbocycles. The van der Waals surface area contributed by atoms with Crippen LogP contribution < -0.4 is 5.73 Å². The molecule has 10 nitrogen and oxygen atoms in total. The number of aliphatic hydroxyl groups is 1. The molecule has 0 aliphatic rings. The second-order valence-electron chi connectivity index (χ2n) is 15.5. The summed E-state index contributed by atoms with van der Waals surface area (Å²) in [6, 6.07) is 0. The summed E-state index contributed by atoms with van der Waals surface area (Å²) in [6.07, 6.45) is 46.1. The zero-order valence-electron chi connectivity index (χ0n) is 36.9. The van der Waals surface area contributed by atoms with Crippen LogP contribution in [0.1, 0.15) is 200 Å². The van der Waals surface area contributed by atoms with Crippen molar-refractivity contribution in [2.24, 2.45) is 5.73 Å². The van der Waals surface area contributed by atoms with Gasteiger partial charge in [-0.25, -0.2) is 4.57 Å². The molecule has 0 aromatic rings. The zero-order chi connectivity index (χ0) is 42.6. The Hall–Kier alpha value is -2.07. The van der Waals surface area contributed by atoms with Crippen LogP contribution in [-0.2, 0) is 32.7 Å². The van der Waals surface area contributed by atoms with Gasteiger partial charge in [-0.05, 0) is 44.9 Å². The normalized spacial score (nSPS) is 14.2. The predicted molar refractivity (Wildman–Crippen MR) is 239 cm³/mol. The molecule has 0 aliphatic carbocycles. The number of esters is 2. The molecule has 0 radical (unpaired) electrons. The number of phosphoric ester groups is 1. The number of nitrogens with two attached hydrogens (primary N) is 1. The Bertz CT molecular complexity index is 1110. The number of carbonyl (C=O) groups excluding carboxylic acids is 2. The average Bonchev–Trinajstić information content (AvgIpc) is 3.21. The van der Waals surface area contributed by atoms with Crippen molar-refractivity contribution < 1.29 is 42.7 Å². The molecular weight excluding hydrogens is 753 g/mol. The zero-order valence-corrected chi connectivity index (χ0v) is 37.8. The lowest BCUT2D eigenvalue weighted by molar-refractivity contribution is -0.161. The van der Waals surface area contributed by atoms with E-state index >= 15 is 0 Å². The lowest BCUT2D eigenvalue weighted by Crippen LogP contribution is -2.29. The first-order chi connectivity index (χ1) is 28.2. The first kappa shape index (κ1) is 55.9. The lowest BCUT2D eigenvalue weighted by atomic mass is 10.0. The first-order valence-electron chi connectivity index (χ1n) is 23.2. The highest BCUT2D eigenvalue weighted by Gasteiger charge is 2.26. The van der Waals surface area contributed by atoms with Gasteiger partial charge in [0.15, 0.2) is 6.10 Å². The molecule has 0 aromatic heterocycles. The molecule has 0 aliphatic heterocycles. The van der Waals surface area contributed by atoms with Crippen LogP contribution in [0.2, 0.25) is 0 Å². The quantitative estimate of drug-likeness (QED) is 0.0178. The topological polar surface area (TPSA) is 155 Å². The van der Waals surface area contributed by atoms with Crippen molar-refractivity contribution in [3.05, 3.63) is 48.6 Å². The van der Waals surface area contributed by atoms with E-state index in [1.54, 1.807) is 6.08 Å². The van der Waals surface area contributed by atoms with E-state index in [1.165, 1.54) is 122 Å². The molecule has 0 spiro atoms. The molecule has 0 saturated heterocycles. The van der Waals surface area contributed by atoms with Crippen LogP contribution in [0.15, 0.2) is 48.6 Å². The molecule has 3 atom stereocenters. The van der Waals surface area contributed by atoms with Crippen LogP contribution in [0.4, 0.5) is 0 Å². The summed E-state index contributed by atoms with van der Waals surface area (Å²) in [5.74, 6) is -0.928. The van der Waals surface area contributed by atoms with Crippen LogP contribution in [0.5, 0.6) is 0 Å². The largest absolute Gasteiger partial charge is 0.472 e. The van der Waals surface area contributed by atoms with Crippen molar-refractivity contribution >= 4 is 19.8 Å². The van der Waals surface area contributed by atoms with Gasteiger partial charge in [0.1, 0.15) is 6.61 Å². The Morgan fingerprint density at radius 2 is 1.12 bits per heavy atom. The molecule has 0 fully saturated rings. The number of aliphatic hydroxyl groups excluding tert-OH is 1. The Kier molecular flexibility index (Phi) is 41.5. The van der Waals surface area contributed by atoms with E-state index in [4.69, 9.17) is 24.3 Å². The van der Waals surface area contributed by atoms with Gasteiger partial charge in [0.25, 0.3) is 0 Å². The lowest BCUT2D eigenvalue weighted by Gasteiger charge is -2.19. The van der Waals surface area contributed by atoms with Gasteiger partial charge >= 0.3 is 19.8 Å². The van der Waals surface area contributed by atoms with Crippen LogP contribution in [0.25, 0.3) is 0 Å². The molecule has 1 unspecified atom stereocenters. The van der Waals surface area contributed by atoms with Gasteiger partial charge in [0.05, 0.1) is 19.3 Å². The highest BCUT2D eigenvalue weighted by Crippen LogP contribution is 2.43. The molecule has 11 heteroatoms. The van der Waals surface area contributed by atoms with Gasteiger partial charge < -0.3 is 25.2 Å². The number of rotatable bonds is 43. The molecule has 0 heterocycles. The van der Waals surface area contributed by atoms with E-state index < -0.39 is 38.6 Å². The summed E-state index contributed by atoms with van der Waals surface area (Å²) >= 11 is 0. The van der Waals surface area contributed by atoms with Gasteiger partial charge in [-0.2, -0.15) is 0 Å². The maximum absolute atomic E-state index is 12.6. The Labute approximate surface area is 354 Å². The summed E-state index contributed by atoms with van der Waals surface area (Å²) in [7, 11) is -4.41. The number of hydrogen-bond acceptors (Lipinski definition) is 9. The molecule has 0 rings (SSSR count). The fourth-order valence-corrected chi connectivity index (χ4v) is 7.07. The van der Waals surface area contributed by atoms with Gasteiger partial charge in [-0.1, -0.05) is 191 Å². The van der Waals surface area contributed by atoms with Crippen molar-refractivity contribution in [2.75, 3.05) is 26.4 Å². The molecule has 0 bridgehead atoms. The molecule has 58 heavy (non-hydrogen) atoms. The molecule has 0 amide bonds. The highest BCUT2D eigenvalue weighted by molar-refractivity contribution is 7.47. The highest BCUT2D eigenvalue weighted by atomic mass is 31.2. The van der Waals surface area contributed by atoms with Crippen molar-refractivity contribution in [2.45, 2.75) is 212 Å². The van der Waals surface area contributed by atoms with Gasteiger partial charge in [-0.3, -0.25) is 18.6 Å². The smallest absolute Gasteiger partial charge is 0.462 e. The maximum Gasteiger partial charge on any atom is 0.472 e. The number of allylic oxidation sites excluding steroid dienone is 6. The fraction of sp³-hybridized carbons (Fsp3) is 0.787. The number of unbranched alkanes of at least 4 members (excludes halogenated alkanes) is 22. The van der Waals surface area contributed by atoms with Gasteiger partial charge in [0, 0.05) is 19.4 Å². The Morgan fingerprint density at radius 1 is 0.603 bits per heavy atom. The third-order valence-electron chi connectivity index (χ3n) is 9.80. The third kappa shape index (κ3) is 42.1. The third-order valence-corrected chi connectivity index (χ3v) is 10.8. The van der Waals surface area contributed by atoms with E-state index in [9.17, 15) is 24.2 Å². The number of ether oxygens (including phenoxy) is 2. The monoisotopic (exact) mass is 840 g/mol. The Morgan fingerprint density at radius 3 is 1.71 bits per heavy atom. The summed E-state index contributed by atoms with van der Waals surface area (Å²) in [6.45, 7) is 3.56. The minimum atomic E-state index is -4.41. The second kappa shape index (κ2) is 43.0. The predicted octanol–water partition coefficient (Wildman–Crippen LogP) is 12.5. The van der Waals surface area contributed by atoms with Crippen molar-refractivity contribution in [3.8, 4) is 0 Å². The standard InChI is InChI=1S/C47H86NO9P/c1-3-5-7-9-11-12-13-14-15-16-17-18-19-20-21-22-26-30-34-38-46(50)54-42-45(43-56-58(52,53)55-41-40-48)57-47(51)39-35-31-27-24-23-25-29-33-37-44(49)36-32-28-10-8-6-4-2/h24-25,27-29,32-33,37,44-45,49H,3-23,26,30-31,34-36,38-43,48H2,1-2H3,(H,52,53)/b27-24-,29-25-,32-28-,37-33+/t44-,45+/m0/s1. The van der Waals surface area contributed by atoms with E-state index in [0.29, 0.717) is 19.3 Å². The van der Waals surface area contributed by atoms with Crippen LogP contribution in [-0.4, -0.2) is 60.5 Å². The van der Waals surface area contributed by atoms with Crippen molar-refractivity contribution in [1.82, 2.24) is 0 Å². The minimum Gasteiger partial charge on any atom is -0.462 e. The Balaban J connectivity index is 4.23. The SMILES string of the molecule is CCCCC/C=C\C[C@H](O)/C=C/C=C\C/C=C\CCCC(=O)O[C@H](COC(=O)CCCCCCCCCCCCCCCCCCCCC)COP(=O)(O)OCCN. The molecule has 0 saturated carbocycles. The van der Waals surface area contributed by atoms with Crippen LogP contribution >= 0.6 is 7.82 Å². The van der Waals surface area contributed by atoms with Crippen LogP contribution in [0.3, 0.4) is 0 Å². The van der Waals surface area contributed by atoms with Gasteiger partial charge in [0.2, 0.25) is 0 Å². The van der Waals surface area contributed by atoms with Crippen molar-refractivity contribution in [3.63, 3.8) is 0 Å². The van der Waals surface area contributed by atoms with E-state index in [-0.39, 0.29) is 32.6 Å². The van der Waals surface area contributed by atoms with E-state index in [1.807, 2.05) is 36.5 Å².